The van der Waals surface area contributed by atoms with E-state index in [9.17, 15) is 15.0 Å². The van der Waals surface area contributed by atoms with Crippen LogP contribution in [0.3, 0.4) is 0 Å². The summed E-state index contributed by atoms with van der Waals surface area (Å²) in [5, 5.41) is 18.5. The minimum Gasteiger partial charge on any atom is -0.309 e. The molecule has 4 saturated carbocycles. The third kappa shape index (κ3) is 6.33. The molecule has 5 aliphatic rings. The lowest BCUT2D eigenvalue weighted by molar-refractivity contribution is -0.144. The SMILES string of the molecule is CC(C)C(=O)Cn1c(=N)n(CCN2CCCCC2c2ccc3c(c2)n(CCN(C)C)c(=N)n3CC(=O)C23CC4CC(CC(C4)C2)C3)c2ccccc21. The Labute approximate surface area is 307 Å². The molecule has 52 heavy (non-hydrogen) atoms. The first-order valence-electron chi connectivity index (χ1n) is 20.0. The van der Waals surface area contributed by atoms with Gasteiger partial charge in [-0.05, 0) is 120 Å². The Bertz CT molecular complexity index is 2080. The Morgan fingerprint density at radius 1 is 0.769 bits per heavy atom. The molecule has 1 aliphatic heterocycles. The maximum absolute atomic E-state index is 14.3. The summed E-state index contributed by atoms with van der Waals surface area (Å²) < 4.78 is 8.08. The summed E-state index contributed by atoms with van der Waals surface area (Å²) in [6.45, 7) is 8.35. The van der Waals surface area contributed by atoms with Gasteiger partial charge in [-0.15, -0.1) is 0 Å². The van der Waals surface area contributed by atoms with Crippen molar-refractivity contribution < 1.29 is 9.59 Å². The molecule has 10 nitrogen and oxygen atoms in total. The Kier molecular flexibility index (Phi) is 9.43. The molecule has 4 aromatic rings. The van der Waals surface area contributed by atoms with E-state index in [1.165, 1.54) is 24.8 Å². The van der Waals surface area contributed by atoms with Crippen molar-refractivity contribution in [3.8, 4) is 0 Å². The van der Waals surface area contributed by atoms with Crippen molar-refractivity contribution in [2.24, 2.45) is 29.1 Å². The molecule has 1 unspecified atom stereocenters. The number of hydrogen-bond donors (Lipinski definition) is 2. The van der Waals surface area contributed by atoms with E-state index < -0.39 is 0 Å². The van der Waals surface area contributed by atoms with Gasteiger partial charge in [-0.1, -0.05) is 38.5 Å². The van der Waals surface area contributed by atoms with Crippen LogP contribution in [0.4, 0.5) is 0 Å². The van der Waals surface area contributed by atoms with Crippen molar-refractivity contribution in [2.75, 3.05) is 33.7 Å². The van der Waals surface area contributed by atoms with Gasteiger partial charge in [-0.25, -0.2) is 0 Å². The van der Waals surface area contributed by atoms with E-state index in [1.54, 1.807) is 0 Å². The van der Waals surface area contributed by atoms with E-state index in [0.717, 1.165) is 98.0 Å². The van der Waals surface area contributed by atoms with E-state index in [1.807, 2.05) is 41.2 Å². The van der Waals surface area contributed by atoms with Gasteiger partial charge in [0.15, 0.2) is 11.6 Å². The van der Waals surface area contributed by atoms with Crippen LogP contribution >= 0.6 is 0 Å². The van der Waals surface area contributed by atoms with Crippen LogP contribution in [-0.4, -0.2) is 73.4 Å². The van der Waals surface area contributed by atoms with Crippen molar-refractivity contribution >= 4 is 33.6 Å². The number of likely N-dealkylation sites (tertiary alicyclic amines) is 1. The molecule has 4 bridgehead atoms. The highest BCUT2D eigenvalue weighted by Crippen LogP contribution is 2.60. The number of nitrogens with zero attached hydrogens (tertiary/aromatic N) is 6. The number of aromatic nitrogens is 4. The number of fused-ring (bicyclic) bond motifs is 2. The van der Waals surface area contributed by atoms with Crippen LogP contribution < -0.4 is 11.2 Å². The minimum atomic E-state index is -0.179. The van der Waals surface area contributed by atoms with Crippen molar-refractivity contribution in [3.63, 3.8) is 0 Å². The predicted molar refractivity (Wildman–Crippen MR) is 204 cm³/mol. The topological polar surface area (TPSA) is 108 Å². The van der Waals surface area contributed by atoms with E-state index in [-0.39, 0.29) is 29.7 Å². The Morgan fingerprint density at radius 3 is 2.00 bits per heavy atom. The summed E-state index contributed by atoms with van der Waals surface area (Å²) in [7, 11) is 4.15. The number of imidazole rings is 2. The quantitative estimate of drug-likeness (QED) is 0.179. The molecule has 5 fully saturated rings. The fraction of sp³-hybridized carbons (Fsp3) is 0.619. The fourth-order valence-corrected chi connectivity index (χ4v) is 10.9. The number of para-hydroxylation sites is 2. The first kappa shape index (κ1) is 35.3. The summed E-state index contributed by atoms with van der Waals surface area (Å²) in [6, 6.07) is 15.1. The molecule has 3 heterocycles. The van der Waals surface area contributed by atoms with Gasteiger partial charge in [0, 0.05) is 43.6 Å². The zero-order chi connectivity index (χ0) is 36.3. The molecule has 0 radical (unpaired) electrons. The number of rotatable bonds is 13. The van der Waals surface area contributed by atoms with E-state index in [0.29, 0.717) is 36.7 Å². The molecule has 2 aromatic carbocycles. The van der Waals surface area contributed by atoms with Crippen LogP contribution in [0.1, 0.15) is 83.2 Å². The first-order valence-corrected chi connectivity index (χ1v) is 20.0. The second-order valence-corrected chi connectivity index (χ2v) is 17.5. The normalized spacial score (nSPS) is 26.0. The van der Waals surface area contributed by atoms with Crippen LogP contribution in [0.5, 0.6) is 0 Å². The lowest BCUT2D eigenvalue weighted by Gasteiger charge is -2.56. The largest absolute Gasteiger partial charge is 0.309 e. The number of carbonyl (C=O) groups excluding carboxylic acids is 2. The van der Waals surface area contributed by atoms with Gasteiger partial charge in [-0.3, -0.25) is 25.3 Å². The summed E-state index contributed by atoms with van der Waals surface area (Å²) in [6.07, 6.45) is 10.5. The predicted octanol–water partition coefficient (Wildman–Crippen LogP) is 5.96. The molecular weight excluding hydrogens is 649 g/mol. The van der Waals surface area contributed by atoms with Crippen molar-refractivity contribution in [2.45, 2.75) is 104 Å². The summed E-state index contributed by atoms with van der Waals surface area (Å²) in [4.78, 5) is 31.8. The fourth-order valence-electron chi connectivity index (χ4n) is 10.9. The van der Waals surface area contributed by atoms with E-state index in [2.05, 4.69) is 57.3 Å². The van der Waals surface area contributed by atoms with Crippen LogP contribution in [0.15, 0.2) is 42.5 Å². The maximum atomic E-state index is 14.3. The molecule has 10 heteroatoms. The van der Waals surface area contributed by atoms with Crippen LogP contribution in [0.25, 0.3) is 22.1 Å². The average Bonchev–Trinajstić information content (AvgIpc) is 3.53. The van der Waals surface area contributed by atoms with Gasteiger partial charge >= 0.3 is 0 Å². The van der Waals surface area contributed by atoms with E-state index in [4.69, 9.17) is 5.41 Å². The van der Waals surface area contributed by atoms with Gasteiger partial charge in [0.25, 0.3) is 0 Å². The maximum Gasteiger partial charge on any atom is 0.203 e. The van der Waals surface area contributed by atoms with Gasteiger partial charge in [0.1, 0.15) is 0 Å². The molecule has 278 valence electrons. The third-order valence-corrected chi connectivity index (χ3v) is 13.3. The number of nitrogens with one attached hydrogen (secondary N) is 2. The molecule has 9 rings (SSSR count). The Morgan fingerprint density at radius 2 is 1.37 bits per heavy atom. The number of piperidine rings is 1. The average molecular weight is 707 g/mol. The first-order chi connectivity index (χ1) is 25.0. The lowest BCUT2D eigenvalue weighted by atomic mass is 9.48. The minimum absolute atomic E-state index is 0.0766. The molecule has 1 atom stereocenters. The number of Topliss-reactive ketones (excluding diaryl/α,β-unsaturated/α-hetero) is 2. The molecule has 2 aromatic heterocycles. The van der Waals surface area contributed by atoms with Gasteiger partial charge < -0.3 is 23.2 Å². The highest BCUT2D eigenvalue weighted by molar-refractivity contribution is 5.87. The van der Waals surface area contributed by atoms with Crippen LogP contribution in [0, 0.1) is 39.9 Å². The third-order valence-electron chi connectivity index (χ3n) is 13.3. The summed E-state index contributed by atoms with van der Waals surface area (Å²) in [5.74, 6) is 2.58. The second-order valence-electron chi connectivity index (χ2n) is 17.5. The zero-order valence-electron chi connectivity index (χ0n) is 31.7. The van der Waals surface area contributed by atoms with Crippen LogP contribution in [0.2, 0.25) is 0 Å². The highest BCUT2D eigenvalue weighted by atomic mass is 16.1. The zero-order valence-corrected chi connectivity index (χ0v) is 31.7. The molecule has 0 spiro atoms. The standard InChI is InChI=1S/C42H58N8O2/c1-28(2)38(51)26-49-35-11-6-5-10-34(35)47(40(49)43)18-16-46-14-8-7-9-33(46)32-12-13-36-37(22-32)48(17-15-45(3)4)41(44)50(36)27-39(52)42-23-29-19-30(24-42)21-31(20-29)25-42/h5-6,10-13,22,28-31,33,43-44H,7-9,14-21,23-27H2,1-4H3. The lowest BCUT2D eigenvalue weighted by Crippen LogP contribution is -2.51. The monoisotopic (exact) mass is 706 g/mol. The van der Waals surface area contributed by atoms with E-state index >= 15 is 0 Å². The summed E-state index contributed by atoms with van der Waals surface area (Å²) >= 11 is 0. The van der Waals surface area contributed by atoms with Gasteiger partial charge in [0.05, 0.1) is 35.2 Å². The second kappa shape index (κ2) is 13.9. The molecule has 2 N–H and O–H groups in total. The molecule has 1 saturated heterocycles. The summed E-state index contributed by atoms with van der Waals surface area (Å²) in [5.41, 5.74) is 5.85. The van der Waals surface area contributed by atoms with Crippen LogP contribution in [-0.2, 0) is 35.8 Å². The van der Waals surface area contributed by atoms with Gasteiger partial charge in [-0.2, -0.15) is 0 Å². The van der Waals surface area contributed by atoms with Crippen molar-refractivity contribution in [3.05, 3.63) is 59.3 Å². The molecular formula is C42H58N8O2. The number of hydrogen-bond acceptors (Lipinski definition) is 6. The number of likely N-dealkylation sites (N-methyl/N-ethyl adjacent to an activating group) is 1. The molecule has 4 aliphatic carbocycles. The van der Waals surface area contributed by atoms with Crippen molar-refractivity contribution in [1.82, 2.24) is 28.1 Å². The number of benzene rings is 2. The number of carbonyl (C=O) groups is 2. The Balaban J connectivity index is 1.08. The Hall–Kier alpha value is -3.76. The highest BCUT2D eigenvalue weighted by Gasteiger charge is 2.54. The smallest absolute Gasteiger partial charge is 0.203 e. The number of ketones is 2. The van der Waals surface area contributed by atoms with Gasteiger partial charge in [0.2, 0.25) is 11.2 Å². The molecule has 0 amide bonds. The van der Waals surface area contributed by atoms with Crippen molar-refractivity contribution in [1.29, 1.82) is 10.8 Å².